The highest BCUT2D eigenvalue weighted by Crippen LogP contribution is 2.30. The maximum atomic E-state index is 13.9. The summed E-state index contributed by atoms with van der Waals surface area (Å²) in [6.07, 6.45) is 0.434. The second-order valence-electron chi connectivity index (χ2n) is 12.1. The van der Waals surface area contributed by atoms with Crippen LogP contribution < -0.4 is 24.8 Å². The maximum Gasteiger partial charge on any atom is 0.337 e. The molecule has 2 atom stereocenters. The van der Waals surface area contributed by atoms with Crippen LogP contribution >= 0.6 is 0 Å². The smallest absolute Gasteiger partial charge is 0.337 e. The van der Waals surface area contributed by atoms with Crippen molar-refractivity contribution in [2.75, 3.05) is 38.0 Å². The van der Waals surface area contributed by atoms with Gasteiger partial charge in [0.05, 0.1) is 44.5 Å². The molecule has 0 aliphatic carbocycles. The minimum absolute atomic E-state index is 0.0932. The van der Waals surface area contributed by atoms with E-state index in [4.69, 9.17) is 18.9 Å². The summed E-state index contributed by atoms with van der Waals surface area (Å²) in [4.78, 5) is 40.3. The van der Waals surface area contributed by atoms with Gasteiger partial charge in [-0.2, -0.15) is 0 Å². The van der Waals surface area contributed by atoms with Gasteiger partial charge in [-0.15, -0.1) is 0 Å². The van der Waals surface area contributed by atoms with Crippen LogP contribution in [0.3, 0.4) is 0 Å². The molecule has 256 valence electrons. The molecule has 2 unspecified atom stereocenters. The third-order valence-corrected chi connectivity index (χ3v) is 8.70. The van der Waals surface area contributed by atoms with Gasteiger partial charge in [0.2, 0.25) is 5.91 Å². The number of benzene rings is 5. The molecule has 2 N–H and O–H groups in total. The average Bonchev–Trinajstić information content (AvgIpc) is 3.54. The van der Waals surface area contributed by atoms with Crippen LogP contribution in [0, 0.1) is 6.92 Å². The molecule has 0 aromatic heterocycles. The van der Waals surface area contributed by atoms with Crippen molar-refractivity contribution in [3.05, 3.63) is 126 Å². The lowest BCUT2D eigenvalue weighted by Gasteiger charge is -2.25. The number of hydrogen-bond donors (Lipinski definition) is 2. The number of anilines is 2. The molecule has 3 amide bonds. The molecule has 1 heterocycles. The molecule has 50 heavy (non-hydrogen) atoms. The molecule has 5 aromatic rings. The third-order valence-electron chi connectivity index (χ3n) is 8.70. The summed E-state index contributed by atoms with van der Waals surface area (Å²) in [7, 11) is 2.86. The minimum atomic E-state index is -0.427. The van der Waals surface area contributed by atoms with Crippen molar-refractivity contribution in [3.8, 4) is 17.2 Å². The summed E-state index contributed by atoms with van der Waals surface area (Å²) >= 11 is 0. The number of ether oxygens (including phenoxy) is 4. The predicted molar refractivity (Wildman–Crippen MR) is 192 cm³/mol. The second kappa shape index (κ2) is 15.5. The topological polar surface area (TPSA) is 115 Å². The molecule has 1 saturated heterocycles. The number of rotatable bonds is 11. The Morgan fingerprint density at radius 2 is 1.50 bits per heavy atom. The lowest BCUT2D eigenvalue weighted by Crippen LogP contribution is -2.40. The van der Waals surface area contributed by atoms with Gasteiger partial charge in [0, 0.05) is 12.1 Å². The van der Waals surface area contributed by atoms with E-state index in [2.05, 4.69) is 16.7 Å². The Labute approximate surface area is 290 Å². The van der Waals surface area contributed by atoms with Crippen LogP contribution in [0.1, 0.15) is 27.9 Å². The molecule has 0 bridgehead atoms. The molecular formula is C40H39N3O7. The zero-order chi connectivity index (χ0) is 35.0. The van der Waals surface area contributed by atoms with Crippen molar-refractivity contribution in [1.29, 1.82) is 0 Å². The first kappa shape index (κ1) is 33.9. The fourth-order valence-corrected chi connectivity index (χ4v) is 6.07. The summed E-state index contributed by atoms with van der Waals surface area (Å²) in [5.74, 6) is 1.22. The Balaban J connectivity index is 1.15. The van der Waals surface area contributed by atoms with E-state index in [1.165, 1.54) is 14.2 Å². The highest BCUT2D eigenvalue weighted by Gasteiger charge is 2.37. The van der Waals surface area contributed by atoms with Crippen LogP contribution in [0.2, 0.25) is 0 Å². The van der Waals surface area contributed by atoms with Gasteiger partial charge >= 0.3 is 12.0 Å². The van der Waals surface area contributed by atoms with E-state index in [9.17, 15) is 14.4 Å². The second-order valence-corrected chi connectivity index (χ2v) is 12.1. The Morgan fingerprint density at radius 1 is 0.780 bits per heavy atom. The van der Waals surface area contributed by atoms with E-state index < -0.39 is 12.0 Å². The first-order valence-corrected chi connectivity index (χ1v) is 16.4. The van der Waals surface area contributed by atoms with Crippen molar-refractivity contribution in [1.82, 2.24) is 4.90 Å². The van der Waals surface area contributed by atoms with Crippen molar-refractivity contribution in [2.24, 2.45) is 0 Å². The molecule has 1 aliphatic rings. The number of esters is 1. The summed E-state index contributed by atoms with van der Waals surface area (Å²) in [6, 6.07) is 32.9. The van der Waals surface area contributed by atoms with Crippen molar-refractivity contribution in [3.63, 3.8) is 0 Å². The summed E-state index contributed by atoms with van der Waals surface area (Å²) in [5, 5.41) is 7.88. The molecule has 10 heteroatoms. The first-order valence-electron chi connectivity index (χ1n) is 16.4. The van der Waals surface area contributed by atoms with Crippen LogP contribution in [0.25, 0.3) is 10.8 Å². The van der Waals surface area contributed by atoms with Gasteiger partial charge in [-0.3, -0.25) is 4.79 Å². The van der Waals surface area contributed by atoms with Gasteiger partial charge in [0.25, 0.3) is 0 Å². The Bertz CT molecular complexity index is 2000. The number of para-hydroxylation sites is 1. The standard InChI is InChI=1S/C40H39N3O7/c1-26-8-4-7-11-35(26)41-40(46)42-36-19-12-27(20-37(36)47-2)21-38(44)43-24-34(50-33-18-13-28-9-5-6-10-30(28)22-33)23-31(43)25-49-32-16-14-29(15-17-32)39(45)48-3/h4-20,22,31,34H,21,23-25H2,1-3H3,(H2,41,42,46). The number of carbonyl (C=O) groups excluding carboxylic acids is 3. The molecule has 1 fully saturated rings. The minimum Gasteiger partial charge on any atom is -0.495 e. The van der Waals surface area contributed by atoms with Gasteiger partial charge in [-0.05, 0) is 83.4 Å². The predicted octanol–water partition coefficient (Wildman–Crippen LogP) is 7.26. The van der Waals surface area contributed by atoms with Gasteiger partial charge in [-0.25, -0.2) is 9.59 Å². The number of methoxy groups -OCH3 is 2. The lowest BCUT2D eigenvalue weighted by molar-refractivity contribution is -0.132. The van der Waals surface area contributed by atoms with E-state index in [1.807, 2.05) is 72.5 Å². The number of aryl methyl sites for hydroxylation is 1. The van der Waals surface area contributed by atoms with Crippen molar-refractivity contribution < 1.29 is 33.3 Å². The number of urea groups is 1. The monoisotopic (exact) mass is 673 g/mol. The summed E-state index contributed by atoms with van der Waals surface area (Å²) in [6.45, 7) is 2.54. The van der Waals surface area contributed by atoms with E-state index in [1.54, 1.807) is 42.5 Å². The van der Waals surface area contributed by atoms with Gasteiger partial charge in [0.15, 0.2) is 0 Å². The lowest BCUT2D eigenvalue weighted by atomic mass is 10.1. The van der Waals surface area contributed by atoms with Crippen LogP contribution in [0.5, 0.6) is 17.2 Å². The van der Waals surface area contributed by atoms with Crippen LogP contribution in [-0.4, -0.2) is 62.3 Å². The van der Waals surface area contributed by atoms with Crippen LogP contribution in [-0.2, 0) is 16.0 Å². The number of nitrogens with zero attached hydrogens (tertiary/aromatic N) is 1. The molecule has 6 rings (SSSR count). The molecule has 5 aromatic carbocycles. The molecule has 10 nitrogen and oxygen atoms in total. The molecule has 0 saturated carbocycles. The van der Waals surface area contributed by atoms with Crippen molar-refractivity contribution >= 4 is 40.1 Å². The SMILES string of the molecule is COC(=O)c1ccc(OCC2CC(Oc3ccc4ccccc4c3)CN2C(=O)Cc2ccc(NC(=O)Nc3ccccc3C)c(OC)c2)cc1. The highest BCUT2D eigenvalue weighted by atomic mass is 16.5. The number of nitrogens with one attached hydrogen (secondary N) is 2. The van der Waals surface area contributed by atoms with Gasteiger partial charge in [0.1, 0.15) is 30.0 Å². The number of hydrogen-bond acceptors (Lipinski definition) is 7. The number of carbonyl (C=O) groups is 3. The number of fused-ring (bicyclic) bond motifs is 1. The number of likely N-dealkylation sites (tertiary alicyclic amines) is 1. The highest BCUT2D eigenvalue weighted by molar-refractivity contribution is 6.01. The number of amides is 3. The van der Waals surface area contributed by atoms with Gasteiger partial charge < -0.3 is 34.5 Å². The Kier molecular flexibility index (Phi) is 10.5. The molecular weight excluding hydrogens is 634 g/mol. The Morgan fingerprint density at radius 3 is 2.26 bits per heavy atom. The molecule has 0 radical (unpaired) electrons. The van der Waals surface area contributed by atoms with E-state index >= 15 is 0 Å². The largest absolute Gasteiger partial charge is 0.495 e. The van der Waals surface area contributed by atoms with Gasteiger partial charge in [-0.1, -0.05) is 54.6 Å². The quantitative estimate of drug-likeness (QED) is 0.142. The van der Waals surface area contributed by atoms with E-state index in [0.717, 1.165) is 27.6 Å². The zero-order valence-corrected chi connectivity index (χ0v) is 28.2. The van der Waals surface area contributed by atoms with E-state index in [-0.39, 0.29) is 31.1 Å². The normalized spacial score (nSPS) is 15.3. The first-order chi connectivity index (χ1) is 24.3. The van der Waals surface area contributed by atoms with Crippen molar-refractivity contribution in [2.45, 2.75) is 31.9 Å². The zero-order valence-electron chi connectivity index (χ0n) is 28.2. The van der Waals surface area contributed by atoms with Crippen LogP contribution in [0.15, 0.2) is 109 Å². The summed E-state index contributed by atoms with van der Waals surface area (Å²) in [5.41, 5.74) is 3.27. The fourth-order valence-electron chi connectivity index (χ4n) is 6.07. The Hall–Kier alpha value is -6.03. The third kappa shape index (κ3) is 8.15. The average molecular weight is 674 g/mol. The van der Waals surface area contributed by atoms with E-state index in [0.29, 0.717) is 41.4 Å². The molecule has 0 spiro atoms. The fraction of sp³-hybridized carbons (Fsp3) is 0.225. The molecule has 1 aliphatic heterocycles. The maximum absolute atomic E-state index is 13.9. The van der Waals surface area contributed by atoms with Crippen LogP contribution in [0.4, 0.5) is 16.2 Å². The summed E-state index contributed by atoms with van der Waals surface area (Å²) < 4.78 is 22.9.